The van der Waals surface area contributed by atoms with Gasteiger partial charge in [-0.25, -0.2) is 9.67 Å². The Morgan fingerprint density at radius 3 is 2.63 bits per heavy atom. The molecule has 19 heavy (non-hydrogen) atoms. The number of nitrogens with one attached hydrogen (secondary N) is 1. The van der Waals surface area contributed by atoms with E-state index in [2.05, 4.69) is 58.5 Å². The molecular formula is C14H19N5. The first-order valence-corrected chi connectivity index (χ1v) is 6.64. The first kappa shape index (κ1) is 12.2. The molecular weight excluding hydrogens is 238 g/mol. The Labute approximate surface area is 113 Å². The molecule has 1 aliphatic heterocycles. The van der Waals surface area contributed by atoms with Crippen LogP contribution in [0.2, 0.25) is 0 Å². The molecule has 1 N–H and O–H groups in total. The lowest BCUT2D eigenvalue weighted by atomic mass is 10.2. The Morgan fingerprint density at radius 1 is 1.26 bits per heavy atom. The highest BCUT2D eigenvalue weighted by atomic mass is 15.3. The van der Waals surface area contributed by atoms with Crippen LogP contribution in [-0.2, 0) is 0 Å². The van der Waals surface area contributed by atoms with Gasteiger partial charge in [0.2, 0.25) is 0 Å². The van der Waals surface area contributed by atoms with Crippen molar-refractivity contribution in [2.45, 2.75) is 25.4 Å². The van der Waals surface area contributed by atoms with E-state index >= 15 is 0 Å². The second-order valence-electron chi connectivity index (χ2n) is 5.25. The number of benzene rings is 1. The molecule has 2 unspecified atom stereocenters. The largest absolute Gasteiger partial charge is 0.381 e. The summed E-state index contributed by atoms with van der Waals surface area (Å²) in [6, 6.07) is 9.50. The zero-order chi connectivity index (χ0) is 13.2. The van der Waals surface area contributed by atoms with Gasteiger partial charge in [0.1, 0.15) is 12.7 Å². The summed E-state index contributed by atoms with van der Waals surface area (Å²) in [5, 5.41) is 7.70. The van der Waals surface area contributed by atoms with E-state index in [1.807, 2.05) is 0 Å². The van der Waals surface area contributed by atoms with Crippen LogP contribution >= 0.6 is 0 Å². The minimum absolute atomic E-state index is 0.539. The van der Waals surface area contributed by atoms with E-state index in [0.717, 1.165) is 17.9 Å². The van der Waals surface area contributed by atoms with Crippen LogP contribution in [0.4, 0.5) is 5.69 Å². The van der Waals surface area contributed by atoms with E-state index in [4.69, 9.17) is 0 Å². The highest BCUT2D eigenvalue weighted by molar-refractivity contribution is 5.49. The van der Waals surface area contributed by atoms with E-state index in [0.29, 0.717) is 12.1 Å². The highest BCUT2D eigenvalue weighted by Gasteiger charge is 2.25. The summed E-state index contributed by atoms with van der Waals surface area (Å²) in [5.74, 6) is 0. The maximum atomic E-state index is 4.12. The van der Waals surface area contributed by atoms with Gasteiger partial charge in [-0.2, -0.15) is 5.10 Å². The quantitative estimate of drug-likeness (QED) is 0.910. The number of hydrogen-bond donors (Lipinski definition) is 1. The summed E-state index contributed by atoms with van der Waals surface area (Å²) in [7, 11) is 2.18. The molecule has 0 radical (unpaired) electrons. The number of likely N-dealkylation sites (tertiary alicyclic amines) is 1. The minimum Gasteiger partial charge on any atom is -0.381 e. The van der Waals surface area contributed by atoms with Gasteiger partial charge in [0.25, 0.3) is 0 Å². The molecule has 5 nitrogen and oxygen atoms in total. The maximum absolute atomic E-state index is 4.12. The summed E-state index contributed by atoms with van der Waals surface area (Å²) < 4.78 is 1.76. The van der Waals surface area contributed by atoms with Crippen LogP contribution in [0.25, 0.3) is 5.69 Å². The van der Waals surface area contributed by atoms with Crippen molar-refractivity contribution in [3.8, 4) is 5.69 Å². The zero-order valence-electron chi connectivity index (χ0n) is 11.3. The third-order valence-electron chi connectivity index (χ3n) is 3.81. The van der Waals surface area contributed by atoms with Crippen LogP contribution in [0.3, 0.4) is 0 Å². The molecule has 0 aliphatic carbocycles. The Hall–Kier alpha value is -1.88. The predicted octanol–water partition coefficient (Wildman–Crippen LogP) is 1.77. The second-order valence-corrected chi connectivity index (χ2v) is 5.25. The maximum Gasteiger partial charge on any atom is 0.138 e. The smallest absolute Gasteiger partial charge is 0.138 e. The summed E-state index contributed by atoms with van der Waals surface area (Å²) >= 11 is 0. The van der Waals surface area contributed by atoms with E-state index in [-0.39, 0.29) is 0 Å². The summed E-state index contributed by atoms with van der Waals surface area (Å²) in [4.78, 5) is 6.34. The molecule has 100 valence electrons. The predicted molar refractivity (Wildman–Crippen MR) is 75.5 cm³/mol. The van der Waals surface area contributed by atoms with Crippen molar-refractivity contribution in [1.29, 1.82) is 0 Å². The van der Waals surface area contributed by atoms with Crippen LogP contribution in [0.5, 0.6) is 0 Å². The molecule has 2 atom stereocenters. The molecule has 1 aliphatic rings. The summed E-state index contributed by atoms with van der Waals surface area (Å²) in [6.07, 6.45) is 4.44. The molecule has 1 aromatic carbocycles. The van der Waals surface area contributed by atoms with E-state index in [1.54, 1.807) is 17.3 Å². The van der Waals surface area contributed by atoms with Crippen molar-refractivity contribution in [2.75, 3.05) is 18.9 Å². The number of rotatable bonds is 3. The molecule has 0 spiro atoms. The van der Waals surface area contributed by atoms with Crippen LogP contribution in [-0.4, -0.2) is 45.3 Å². The van der Waals surface area contributed by atoms with Crippen LogP contribution in [0.1, 0.15) is 13.3 Å². The fraction of sp³-hybridized carbons (Fsp3) is 0.429. The number of likely N-dealkylation sites (N-methyl/N-ethyl adjacent to an activating group) is 1. The van der Waals surface area contributed by atoms with Crippen molar-refractivity contribution in [3.63, 3.8) is 0 Å². The molecule has 0 saturated carbocycles. The van der Waals surface area contributed by atoms with Crippen molar-refractivity contribution >= 4 is 5.69 Å². The molecule has 2 aromatic rings. The van der Waals surface area contributed by atoms with Gasteiger partial charge in [-0.15, -0.1) is 0 Å². The number of hydrogen-bond acceptors (Lipinski definition) is 4. The van der Waals surface area contributed by atoms with Crippen LogP contribution in [0, 0.1) is 0 Å². The third kappa shape index (κ3) is 2.61. The average molecular weight is 257 g/mol. The fourth-order valence-electron chi connectivity index (χ4n) is 2.59. The molecule has 1 aromatic heterocycles. The lowest BCUT2D eigenvalue weighted by molar-refractivity contribution is 0.330. The molecule has 0 bridgehead atoms. The van der Waals surface area contributed by atoms with Crippen molar-refractivity contribution in [1.82, 2.24) is 19.7 Å². The minimum atomic E-state index is 0.539. The number of nitrogens with zero attached hydrogens (tertiary/aromatic N) is 4. The van der Waals surface area contributed by atoms with Gasteiger partial charge < -0.3 is 10.2 Å². The van der Waals surface area contributed by atoms with Gasteiger partial charge in [-0.1, -0.05) is 0 Å². The molecule has 5 heteroatoms. The summed E-state index contributed by atoms with van der Waals surface area (Å²) in [5.41, 5.74) is 2.19. The number of aromatic nitrogens is 3. The van der Waals surface area contributed by atoms with Crippen LogP contribution < -0.4 is 5.32 Å². The van der Waals surface area contributed by atoms with Crippen LogP contribution in [0.15, 0.2) is 36.9 Å². The van der Waals surface area contributed by atoms with Gasteiger partial charge in [0, 0.05) is 24.3 Å². The lowest BCUT2D eigenvalue weighted by Gasteiger charge is -2.14. The topological polar surface area (TPSA) is 46.0 Å². The molecule has 1 saturated heterocycles. The highest BCUT2D eigenvalue weighted by Crippen LogP contribution is 2.20. The first-order valence-electron chi connectivity index (χ1n) is 6.64. The van der Waals surface area contributed by atoms with Gasteiger partial charge in [0.05, 0.1) is 5.69 Å². The molecule has 3 rings (SSSR count). The van der Waals surface area contributed by atoms with Crippen molar-refractivity contribution in [2.24, 2.45) is 0 Å². The monoisotopic (exact) mass is 257 g/mol. The van der Waals surface area contributed by atoms with Gasteiger partial charge in [-0.05, 0) is 44.7 Å². The first-order chi connectivity index (χ1) is 9.22. The van der Waals surface area contributed by atoms with Crippen molar-refractivity contribution < 1.29 is 0 Å². The molecule has 2 heterocycles. The summed E-state index contributed by atoms with van der Waals surface area (Å²) in [6.45, 7) is 3.38. The Morgan fingerprint density at radius 2 is 2.05 bits per heavy atom. The average Bonchev–Trinajstić information content (AvgIpc) is 3.02. The zero-order valence-corrected chi connectivity index (χ0v) is 11.3. The Bertz CT molecular complexity index is 509. The van der Waals surface area contributed by atoms with E-state index in [9.17, 15) is 0 Å². The van der Waals surface area contributed by atoms with Gasteiger partial charge in [0.15, 0.2) is 0 Å². The van der Waals surface area contributed by atoms with E-state index < -0.39 is 0 Å². The molecule has 1 fully saturated rings. The SMILES string of the molecule is CC1CC(Nc2ccc(-n3cncn3)cc2)CN1C. The molecule has 0 amide bonds. The Balaban J connectivity index is 1.67. The second kappa shape index (κ2) is 5.01. The normalized spacial score (nSPS) is 23.7. The van der Waals surface area contributed by atoms with Gasteiger partial charge in [-0.3, -0.25) is 0 Å². The number of anilines is 1. The Kier molecular flexibility index (Phi) is 3.21. The third-order valence-corrected chi connectivity index (χ3v) is 3.81. The van der Waals surface area contributed by atoms with Gasteiger partial charge >= 0.3 is 0 Å². The fourth-order valence-corrected chi connectivity index (χ4v) is 2.59. The van der Waals surface area contributed by atoms with Crippen molar-refractivity contribution in [3.05, 3.63) is 36.9 Å². The standard InChI is InChI=1S/C14H19N5/c1-11-7-13(8-18(11)2)17-12-3-5-14(6-4-12)19-10-15-9-16-19/h3-6,9-11,13,17H,7-8H2,1-2H3. The lowest BCUT2D eigenvalue weighted by Crippen LogP contribution is -2.24. The van der Waals surface area contributed by atoms with E-state index in [1.165, 1.54) is 6.42 Å².